The summed E-state index contributed by atoms with van der Waals surface area (Å²) < 4.78 is 0. The number of allylic oxidation sites excluding steroid dienone is 1. The Bertz CT molecular complexity index is 309. The molecule has 15 heavy (non-hydrogen) atoms. The number of rotatable bonds is 6. The van der Waals surface area contributed by atoms with E-state index in [2.05, 4.69) is 28.8 Å². The quantitative estimate of drug-likeness (QED) is 0.724. The zero-order chi connectivity index (χ0) is 11.1. The first-order chi connectivity index (χ1) is 7.22. The molecule has 1 rings (SSSR count). The lowest BCUT2D eigenvalue weighted by Crippen LogP contribution is -2.25. The number of aryl methyl sites for hydroxylation is 1. The lowest BCUT2D eigenvalue weighted by Gasteiger charge is -2.12. The van der Waals surface area contributed by atoms with Gasteiger partial charge >= 0.3 is 0 Å². The molecule has 1 heterocycles. The second-order valence-electron chi connectivity index (χ2n) is 3.74. The maximum atomic E-state index is 4.33. The molecule has 0 aromatic carbocycles. The number of hydrogen-bond donors (Lipinski definition) is 1. The van der Waals surface area contributed by atoms with Crippen LogP contribution in [-0.2, 0) is 6.54 Å². The van der Waals surface area contributed by atoms with Crippen LogP contribution < -0.4 is 5.32 Å². The van der Waals surface area contributed by atoms with Crippen LogP contribution in [0, 0.1) is 6.92 Å². The molecule has 1 aromatic rings. The van der Waals surface area contributed by atoms with Gasteiger partial charge in [-0.15, -0.1) is 6.58 Å². The van der Waals surface area contributed by atoms with Gasteiger partial charge in [0.15, 0.2) is 0 Å². The SMILES string of the molecule is C=CCCC(C)NCc1ccnc(C)n1. The fraction of sp³-hybridized carbons (Fsp3) is 0.500. The highest BCUT2D eigenvalue weighted by atomic mass is 14.9. The van der Waals surface area contributed by atoms with E-state index in [1.165, 1.54) is 0 Å². The highest BCUT2D eigenvalue weighted by Gasteiger charge is 2.01. The number of nitrogens with zero attached hydrogens (tertiary/aromatic N) is 2. The summed E-state index contributed by atoms with van der Waals surface area (Å²) in [5, 5.41) is 3.42. The molecule has 0 spiro atoms. The molecule has 0 aliphatic carbocycles. The first-order valence-corrected chi connectivity index (χ1v) is 5.35. The zero-order valence-corrected chi connectivity index (χ0v) is 9.53. The fourth-order valence-corrected chi connectivity index (χ4v) is 1.35. The minimum atomic E-state index is 0.498. The molecule has 3 nitrogen and oxygen atoms in total. The molecule has 0 amide bonds. The summed E-state index contributed by atoms with van der Waals surface area (Å²) >= 11 is 0. The van der Waals surface area contributed by atoms with Gasteiger partial charge < -0.3 is 5.32 Å². The highest BCUT2D eigenvalue weighted by Crippen LogP contribution is 1.99. The Morgan fingerprint density at radius 1 is 1.60 bits per heavy atom. The van der Waals surface area contributed by atoms with E-state index in [0.717, 1.165) is 30.9 Å². The van der Waals surface area contributed by atoms with Crippen LogP contribution in [0.2, 0.25) is 0 Å². The summed E-state index contributed by atoms with van der Waals surface area (Å²) in [4.78, 5) is 8.40. The lowest BCUT2D eigenvalue weighted by atomic mass is 10.2. The molecule has 1 unspecified atom stereocenters. The van der Waals surface area contributed by atoms with Gasteiger partial charge in [-0.2, -0.15) is 0 Å². The van der Waals surface area contributed by atoms with Crippen molar-refractivity contribution in [3.63, 3.8) is 0 Å². The first-order valence-electron chi connectivity index (χ1n) is 5.35. The van der Waals surface area contributed by atoms with Crippen LogP contribution in [0.5, 0.6) is 0 Å². The predicted octanol–water partition coefficient (Wildman–Crippen LogP) is 2.23. The van der Waals surface area contributed by atoms with Crippen LogP contribution in [0.25, 0.3) is 0 Å². The van der Waals surface area contributed by atoms with Crippen LogP contribution in [0.3, 0.4) is 0 Å². The monoisotopic (exact) mass is 205 g/mol. The summed E-state index contributed by atoms with van der Waals surface area (Å²) in [5.41, 5.74) is 1.05. The van der Waals surface area contributed by atoms with Crippen LogP contribution in [0.1, 0.15) is 31.3 Å². The van der Waals surface area contributed by atoms with E-state index in [-0.39, 0.29) is 0 Å². The molecule has 3 heteroatoms. The molecule has 82 valence electrons. The molecule has 0 saturated carbocycles. The Kier molecular flexibility index (Phi) is 4.98. The van der Waals surface area contributed by atoms with Gasteiger partial charge in [0.05, 0.1) is 5.69 Å². The Hall–Kier alpha value is -1.22. The van der Waals surface area contributed by atoms with Crippen molar-refractivity contribution in [2.75, 3.05) is 0 Å². The van der Waals surface area contributed by atoms with Gasteiger partial charge in [0.2, 0.25) is 0 Å². The number of nitrogens with one attached hydrogen (secondary N) is 1. The molecule has 0 bridgehead atoms. The molecule has 0 aliphatic heterocycles. The van der Waals surface area contributed by atoms with Crippen LogP contribution >= 0.6 is 0 Å². The van der Waals surface area contributed by atoms with E-state index >= 15 is 0 Å². The van der Waals surface area contributed by atoms with Crippen molar-refractivity contribution < 1.29 is 0 Å². The van der Waals surface area contributed by atoms with Crippen molar-refractivity contribution in [3.8, 4) is 0 Å². The van der Waals surface area contributed by atoms with Crippen molar-refractivity contribution >= 4 is 0 Å². The molecule has 0 aliphatic rings. The standard InChI is InChI=1S/C12H19N3/c1-4-5-6-10(2)14-9-12-7-8-13-11(3)15-12/h4,7-8,10,14H,1,5-6,9H2,2-3H3. The maximum absolute atomic E-state index is 4.33. The Labute approximate surface area is 91.7 Å². The van der Waals surface area contributed by atoms with E-state index in [1.54, 1.807) is 6.20 Å². The average molecular weight is 205 g/mol. The largest absolute Gasteiger partial charge is 0.309 e. The third kappa shape index (κ3) is 4.70. The summed E-state index contributed by atoms with van der Waals surface area (Å²) in [6.45, 7) is 8.61. The fourth-order valence-electron chi connectivity index (χ4n) is 1.35. The Morgan fingerprint density at radius 3 is 3.07 bits per heavy atom. The second kappa shape index (κ2) is 6.30. The van der Waals surface area contributed by atoms with Gasteiger partial charge in [-0.25, -0.2) is 9.97 Å². The lowest BCUT2D eigenvalue weighted by molar-refractivity contribution is 0.513. The summed E-state index contributed by atoms with van der Waals surface area (Å²) in [6, 6.07) is 2.44. The van der Waals surface area contributed by atoms with Gasteiger partial charge in [-0.3, -0.25) is 0 Å². The molecule has 1 aromatic heterocycles. The molecular formula is C12H19N3. The third-order valence-corrected chi connectivity index (χ3v) is 2.27. The zero-order valence-electron chi connectivity index (χ0n) is 9.53. The van der Waals surface area contributed by atoms with Crippen molar-refractivity contribution in [2.24, 2.45) is 0 Å². The maximum Gasteiger partial charge on any atom is 0.125 e. The Morgan fingerprint density at radius 2 is 2.40 bits per heavy atom. The molecule has 1 atom stereocenters. The van der Waals surface area contributed by atoms with Crippen molar-refractivity contribution in [1.82, 2.24) is 15.3 Å². The minimum Gasteiger partial charge on any atom is -0.309 e. The second-order valence-corrected chi connectivity index (χ2v) is 3.74. The topological polar surface area (TPSA) is 37.8 Å². The van der Waals surface area contributed by atoms with E-state index in [0.29, 0.717) is 6.04 Å². The molecule has 0 fully saturated rings. The minimum absolute atomic E-state index is 0.498. The number of hydrogen-bond acceptors (Lipinski definition) is 3. The van der Waals surface area contributed by atoms with Gasteiger partial charge in [0.25, 0.3) is 0 Å². The van der Waals surface area contributed by atoms with Crippen LogP contribution in [-0.4, -0.2) is 16.0 Å². The number of aromatic nitrogens is 2. The van der Waals surface area contributed by atoms with Gasteiger partial charge in [-0.1, -0.05) is 6.08 Å². The van der Waals surface area contributed by atoms with E-state index in [9.17, 15) is 0 Å². The normalized spacial score (nSPS) is 12.4. The third-order valence-electron chi connectivity index (χ3n) is 2.27. The summed E-state index contributed by atoms with van der Waals surface area (Å²) in [7, 11) is 0. The van der Waals surface area contributed by atoms with Crippen molar-refractivity contribution in [3.05, 3.63) is 36.4 Å². The average Bonchev–Trinajstić information content (AvgIpc) is 2.23. The van der Waals surface area contributed by atoms with Crippen molar-refractivity contribution in [1.29, 1.82) is 0 Å². The van der Waals surface area contributed by atoms with E-state index in [1.807, 2.05) is 19.1 Å². The van der Waals surface area contributed by atoms with Gasteiger partial charge in [-0.05, 0) is 32.8 Å². The molecule has 0 saturated heterocycles. The van der Waals surface area contributed by atoms with E-state index in [4.69, 9.17) is 0 Å². The smallest absolute Gasteiger partial charge is 0.125 e. The summed E-state index contributed by atoms with van der Waals surface area (Å²) in [6.07, 6.45) is 5.92. The van der Waals surface area contributed by atoms with Crippen molar-refractivity contribution in [2.45, 2.75) is 39.3 Å². The Balaban J connectivity index is 2.33. The molecule has 1 N–H and O–H groups in total. The molecular weight excluding hydrogens is 186 g/mol. The van der Waals surface area contributed by atoms with Crippen LogP contribution in [0.4, 0.5) is 0 Å². The van der Waals surface area contributed by atoms with E-state index < -0.39 is 0 Å². The van der Waals surface area contributed by atoms with Gasteiger partial charge in [0.1, 0.15) is 5.82 Å². The predicted molar refractivity (Wildman–Crippen MR) is 62.5 cm³/mol. The molecule has 0 radical (unpaired) electrons. The first kappa shape index (κ1) is 11.9. The van der Waals surface area contributed by atoms with Gasteiger partial charge in [0, 0.05) is 18.8 Å². The summed E-state index contributed by atoms with van der Waals surface area (Å²) in [5.74, 6) is 0.827. The highest BCUT2D eigenvalue weighted by molar-refractivity contribution is 5.01. The van der Waals surface area contributed by atoms with Crippen LogP contribution in [0.15, 0.2) is 24.9 Å².